The van der Waals surface area contributed by atoms with E-state index in [2.05, 4.69) is 0 Å². The van der Waals surface area contributed by atoms with E-state index < -0.39 is 0 Å². The number of benzene rings is 2. The minimum atomic E-state index is -0.301. The highest BCUT2D eigenvalue weighted by Gasteiger charge is 2.31. The van der Waals surface area contributed by atoms with E-state index in [9.17, 15) is 14.4 Å². The van der Waals surface area contributed by atoms with Gasteiger partial charge in [-0.1, -0.05) is 30.3 Å². The van der Waals surface area contributed by atoms with Crippen molar-refractivity contribution in [1.29, 1.82) is 0 Å². The topological polar surface area (TPSA) is 70.2 Å². The van der Waals surface area contributed by atoms with Crippen molar-refractivity contribution in [3.63, 3.8) is 0 Å². The number of nitrogens with zero attached hydrogens (tertiary/aromatic N) is 3. The van der Waals surface area contributed by atoms with Crippen molar-refractivity contribution in [2.75, 3.05) is 45.5 Å². The van der Waals surface area contributed by atoms with E-state index in [0.29, 0.717) is 51.2 Å². The number of hydrogen-bond donors (Lipinski definition) is 0. The van der Waals surface area contributed by atoms with Crippen LogP contribution in [0.15, 0.2) is 59.5 Å². The molecule has 1 unspecified atom stereocenters. The quantitative estimate of drug-likeness (QED) is 0.500. The van der Waals surface area contributed by atoms with Crippen molar-refractivity contribution in [1.82, 2.24) is 14.7 Å². The molecule has 7 nitrogen and oxygen atoms in total. The molecule has 1 atom stereocenters. The van der Waals surface area contributed by atoms with Gasteiger partial charge in [-0.3, -0.25) is 14.4 Å². The summed E-state index contributed by atoms with van der Waals surface area (Å²) in [7, 11) is 0. The fourth-order valence-electron chi connectivity index (χ4n) is 4.55. The monoisotopic (exact) mass is 495 g/mol. The molecule has 0 saturated carbocycles. The molecule has 0 aromatic heterocycles. The number of ether oxygens (including phenoxy) is 1. The Morgan fingerprint density at radius 2 is 1.71 bits per heavy atom. The first kappa shape index (κ1) is 25.3. The summed E-state index contributed by atoms with van der Waals surface area (Å²) < 4.78 is 6.22. The van der Waals surface area contributed by atoms with E-state index in [4.69, 9.17) is 4.74 Å². The number of hydrogen-bond acceptors (Lipinski definition) is 5. The number of thioether (sulfide) groups is 1. The van der Waals surface area contributed by atoms with E-state index in [1.54, 1.807) is 21.6 Å². The SMILES string of the molecule is CSc1ccc(C(=O)N2CC(=O)N(CCCN3CCCC3=O)CC(OCc3ccccc3)C2)cc1. The molecule has 2 aliphatic rings. The van der Waals surface area contributed by atoms with Crippen LogP contribution >= 0.6 is 11.8 Å². The zero-order valence-electron chi connectivity index (χ0n) is 20.2. The number of likely N-dealkylation sites (tertiary alicyclic amines) is 1. The Morgan fingerprint density at radius 1 is 0.971 bits per heavy atom. The van der Waals surface area contributed by atoms with Gasteiger partial charge in [-0.15, -0.1) is 11.8 Å². The van der Waals surface area contributed by atoms with Crippen molar-refractivity contribution < 1.29 is 19.1 Å². The van der Waals surface area contributed by atoms with Gasteiger partial charge in [0.2, 0.25) is 11.8 Å². The van der Waals surface area contributed by atoms with Gasteiger partial charge in [-0.2, -0.15) is 0 Å². The molecule has 2 heterocycles. The average Bonchev–Trinajstić information content (AvgIpc) is 3.22. The summed E-state index contributed by atoms with van der Waals surface area (Å²) in [5.41, 5.74) is 1.62. The zero-order valence-corrected chi connectivity index (χ0v) is 21.0. The number of carbonyl (C=O) groups excluding carboxylic acids is 3. The maximum Gasteiger partial charge on any atom is 0.254 e. The number of rotatable bonds is 9. The van der Waals surface area contributed by atoms with Crippen LogP contribution < -0.4 is 0 Å². The van der Waals surface area contributed by atoms with Crippen LogP contribution in [0.1, 0.15) is 35.2 Å². The van der Waals surface area contributed by atoms with E-state index in [-0.39, 0.29) is 30.4 Å². The lowest BCUT2D eigenvalue weighted by Gasteiger charge is -2.25. The normalized spacial score (nSPS) is 18.8. The Bertz CT molecular complexity index is 1010. The third-order valence-electron chi connectivity index (χ3n) is 6.51. The van der Waals surface area contributed by atoms with Crippen molar-refractivity contribution in [2.24, 2.45) is 0 Å². The largest absolute Gasteiger partial charge is 0.370 e. The van der Waals surface area contributed by atoms with Gasteiger partial charge in [0.25, 0.3) is 5.91 Å². The molecule has 186 valence electrons. The van der Waals surface area contributed by atoms with Gasteiger partial charge in [-0.05, 0) is 48.9 Å². The first-order valence-corrected chi connectivity index (χ1v) is 13.4. The lowest BCUT2D eigenvalue weighted by atomic mass is 10.2. The van der Waals surface area contributed by atoms with Gasteiger partial charge in [0, 0.05) is 49.6 Å². The summed E-state index contributed by atoms with van der Waals surface area (Å²) in [6, 6.07) is 17.4. The molecule has 35 heavy (non-hydrogen) atoms. The van der Waals surface area contributed by atoms with Crippen LogP contribution in [0.25, 0.3) is 0 Å². The molecule has 4 rings (SSSR count). The molecule has 2 aromatic rings. The molecule has 8 heteroatoms. The third kappa shape index (κ3) is 6.86. The Hall–Kier alpha value is -2.84. The van der Waals surface area contributed by atoms with Crippen LogP contribution in [0.2, 0.25) is 0 Å². The van der Waals surface area contributed by atoms with Crippen LogP contribution in [0.3, 0.4) is 0 Å². The van der Waals surface area contributed by atoms with Crippen LogP contribution in [0, 0.1) is 0 Å². The summed E-state index contributed by atoms with van der Waals surface area (Å²) in [6.45, 7) is 3.21. The highest BCUT2D eigenvalue weighted by Crippen LogP contribution is 2.18. The molecule has 2 aliphatic heterocycles. The smallest absolute Gasteiger partial charge is 0.254 e. The highest BCUT2D eigenvalue weighted by molar-refractivity contribution is 7.98. The number of amides is 3. The molecule has 0 N–H and O–H groups in total. The minimum Gasteiger partial charge on any atom is -0.370 e. The third-order valence-corrected chi connectivity index (χ3v) is 7.25. The second-order valence-corrected chi connectivity index (χ2v) is 9.89. The molecule has 0 aliphatic carbocycles. The van der Waals surface area contributed by atoms with E-state index >= 15 is 0 Å². The van der Waals surface area contributed by atoms with Gasteiger partial charge in [0.05, 0.1) is 12.7 Å². The van der Waals surface area contributed by atoms with Crippen molar-refractivity contribution in [2.45, 2.75) is 36.9 Å². The van der Waals surface area contributed by atoms with Crippen LogP contribution in [-0.2, 0) is 20.9 Å². The first-order valence-electron chi connectivity index (χ1n) is 12.2. The first-order chi connectivity index (χ1) is 17.0. The second kappa shape index (κ2) is 12.2. The summed E-state index contributed by atoms with van der Waals surface area (Å²) in [4.78, 5) is 44.7. The molecule has 0 spiro atoms. The molecule has 0 radical (unpaired) electrons. The van der Waals surface area contributed by atoms with Crippen LogP contribution in [0.4, 0.5) is 0 Å². The predicted molar refractivity (Wildman–Crippen MR) is 136 cm³/mol. The standard InChI is InChI=1S/C27H33N3O4S/c1-35-24-12-10-22(11-13-24)27(33)30-18-23(34-20-21-7-3-2-4-8-21)17-29(26(32)19-30)16-6-15-28-14-5-9-25(28)31/h2-4,7-8,10-13,23H,5-6,9,14-20H2,1H3. The minimum absolute atomic E-state index is 0.0248. The maximum atomic E-state index is 13.3. The van der Waals surface area contributed by atoms with Gasteiger partial charge in [0.15, 0.2) is 0 Å². The Balaban J connectivity index is 1.44. The lowest BCUT2D eigenvalue weighted by Crippen LogP contribution is -2.40. The maximum absolute atomic E-state index is 13.3. The Kier molecular flexibility index (Phi) is 8.82. The van der Waals surface area contributed by atoms with E-state index in [1.165, 1.54) is 0 Å². The molecule has 2 saturated heterocycles. The number of carbonyl (C=O) groups is 3. The van der Waals surface area contributed by atoms with Crippen molar-refractivity contribution >= 4 is 29.5 Å². The average molecular weight is 496 g/mol. The Labute approximate surface area is 211 Å². The van der Waals surface area contributed by atoms with E-state index in [1.807, 2.05) is 65.8 Å². The summed E-state index contributed by atoms with van der Waals surface area (Å²) in [6.07, 6.45) is 3.93. The fraction of sp³-hybridized carbons (Fsp3) is 0.444. The van der Waals surface area contributed by atoms with Gasteiger partial charge in [0.1, 0.15) is 6.54 Å². The predicted octanol–water partition coefficient (Wildman–Crippen LogP) is 3.29. The molecule has 0 bridgehead atoms. The van der Waals surface area contributed by atoms with Gasteiger partial charge < -0.3 is 19.4 Å². The summed E-state index contributed by atoms with van der Waals surface area (Å²) in [5.74, 6) is -0.0537. The van der Waals surface area contributed by atoms with Gasteiger partial charge in [-0.25, -0.2) is 0 Å². The molecular weight excluding hydrogens is 462 g/mol. The Morgan fingerprint density at radius 3 is 2.40 bits per heavy atom. The van der Waals surface area contributed by atoms with Crippen LogP contribution in [-0.4, -0.2) is 84.0 Å². The molecule has 2 aromatic carbocycles. The molecule has 3 amide bonds. The second-order valence-electron chi connectivity index (χ2n) is 9.01. The molecular formula is C27H33N3O4S. The van der Waals surface area contributed by atoms with Crippen LogP contribution in [0.5, 0.6) is 0 Å². The fourth-order valence-corrected chi connectivity index (χ4v) is 4.96. The molecule has 2 fully saturated rings. The lowest BCUT2D eigenvalue weighted by molar-refractivity contribution is -0.131. The summed E-state index contributed by atoms with van der Waals surface area (Å²) >= 11 is 1.62. The van der Waals surface area contributed by atoms with E-state index in [0.717, 1.165) is 23.4 Å². The summed E-state index contributed by atoms with van der Waals surface area (Å²) in [5, 5.41) is 0. The highest BCUT2D eigenvalue weighted by atomic mass is 32.2. The van der Waals surface area contributed by atoms with Crippen molar-refractivity contribution in [3.8, 4) is 0 Å². The zero-order chi connectivity index (χ0) is 24.6. The van der Waals surface area contributed by atoms with Crippen molar-refractivity contribution in [3.05, 3.63) is 65.7 Å². The van der Waals surface area contributed by atoms with Gasteiger partial charge >= 0.3 is 0 Å².